The summed E-state index contributed by atoms with van der Waals surface area (Å²) in [5.74, 6) is 1.50. The molecule has 154 valence electrons. The second-order valence-electron chi connectivity index (χ2n) is 7.85. The van der Waals surface area contributed by atoms with Gasteiger partial charge in [0.05, 0.1) is 7.11 Å². The summed E-state index contributed by atoms with van der Waals surface area (Å²) in [4.78, 5) is 14.9. The van der Waals surface area contributed by atoms with Crippen LogP contribution in [-0.4, -0.2) is 37.6 Å². The second kappa shape index (κ2) is 10.8. The van der Waals surface area contributed by atoms with E-state index in [1.165, 1.54) is 18.4 Å². The summed E-state index contributed by atoms with van der Waals surface area (Å²) in [6, 6.07) is 16.1. The Kier molecular flexibility index (Phi) is 7.88. The molecule has 0 unspecified atom stereocenters. The molecule has 0 saturated carbocycles. The maximum atomic E-state index is 12.4. The molecule has 0 bridgehead atoms. The molecule has 0 radical (unpaired) electrons. The average Bonchev–Trinajstić information content (AvgIpc) is 2.75. The third-order valence-corrected chi connectivity index (χ3v) is 5.56. The second-order valence-corrected chi connectivity index (χ2v) is 7.85. The number of rotatable bonds is 8. The first-order valence-electron chi connectivity index (χ1n) is 10.5. The molecule has 4 nitrogen and oxygen atoms in total. The van der Waals surface area contributed by atoms with E-state index in [4.69, 9.17) is 4.74 Å². The lowest BCUT2D eigenvalue weighted by molar-refractivity contribution is -0.116. The van der Waals surface area contributed by atoms with E-state index in [1.54, 1.807) is 7.11 Å². The molecule has 0 spiro atoms. The highest BCUT2D eigenvalue weighted by Gasteiger charge is 2.20. The van der Waals surface area contributed by atoms with E-state index in [0.717, 1.165) is 43.1 Å². The van der Waals surface area contributed by atoms with E-state index < -0.39 is 0 Å². The van der Waals surface area contributed by atoms with Gasteiger partial charge in [-0.15, -0.1) is 0 Å². The van der Waals surface area contributed by atoms with Crippen LogP contribution in [0.25, 0.3) is 6.08 Å². The Balaban J connectivity index is 1.42. The molecule has 3 rings (SSSR count). The van der Waals surface area contributed by atoms with Crippen LogP contribution in [0.4, 0.5) is 5.69 Å². The Morgan fingerprint density at radius 3 is 2.83 bits per heavy atom. The number of nitrogens with one attached hydrogen (secondary N) is 1. The fraction of sp³-hybridized carbons (Fsp3) is 0.400. The maximum Gasteiger partial charge on any atom is 0.224 e. The molecule has 1 saturated heterocycles. The number of ether oxygens (including phenoxy) is 1. The fourth-order valence-corrected chi connectivity index (χ4v) is 3.91. The largest absolute Gasteiger partial charge is 0.497 e. The Labute approximate surface area is 174 Å². The van der Waals surface area contributed by atoms with Crippen LogP contribution in [0.15, 0.2) is 54.6 Å². The monoisotopic (exact) mass is 392 g/mol. The van der Waals surface area contributed by atoms with Crippen LogP contribution in [0.2, 0.25) is 0 Å². The van der Waals surface area contributed by atoms with Crippen molar-refractivity contribution in [2.24, 2.45) is 5.92 Å². The van der Waals surface area contributed by atoms with Gasteiger partial charge in [0.1, 0.15) is 5.75 Å². The van der Waals surface area contributed by atoms with Gasteiger partial charge in [0.25, 0.3) is 0 Å². The van der Waals surface area contributed by atoms with Crippen LogP contribution in [0.5, 0.6) is 5.75 Å². The number of carbonyl (C=O) groups is 1. The van der Waals surface area contributed by atoms with Gasteiger partial charge in [0.15, 0.2) is 0 Å². The number of hydrogen-bond donors (Lipinski definition) is 1. The Bertz CT molecular complexity index is 817. The normalized spacial score (nSPS) is 17.4. The van der Waals surface area contributed by atoms with Gasteiger partial charge in [-0.05, 0) is 68.0 Å². The third kappa shape index (κ3) is 6.75. The topological polar surface area (TPSA) is 41.6 Å². The standard InChI is InChI=1S/C25H32N2O2/c1-20-18-23(29-2)13-14-24(20)26-25(28)15-12-22-11-7-17-27(19-22)16-6-10-21-8-4-3-5-9-21/h3-6,8-10,13-14,18,22H,7,11-12,15-17,19H2,1-2H3,(H,26,28)/b10-6+/t22-/m0/s1. The van der Waals surface area contributed by atoms with Gasteiger partial charge in [0, 0.05) is 25.2 Å². The van der Waals surface area contributed by atoms with Gasteiger partial charge >= 0.3 is 0 Å². The molecular weight excluding hydrogens is 360 g/mol. The van der Waals surface area contributed by atoms with E-state index in [0.29, 0.717) is 12.3 Å². The predicted octanol–water partition coefficient (Wildman–Crippen LogP) is 5.15. The number of benzene rings is 2. The lowest BCUT2D eigenvalue weighted by Crippen LogP contribution is -2.35. The summed E-state index contributed by atoms with van der Waals surface area (Å²) in [5.41, 5.74) is 3.13. The molecule has 1 heterocycles. The number of anilines is 1. The van der Waals surface area contributed by atoms with Gasteiger partial charge in [-0.1, -0.05) is 42.5 Å². The molecule has 0 aromatic heterocycles. The first kappa shape index (κ1) is 21.1. The molecule has 2 aromatic rings. The average molecular weight is 393 g/mol. The number of methoxy groups -OCH3 is 1. The summed E-state index contributed by atoms with van der Waals surface area (Å²) in [6.45, 7) is 5.18. The molecule has 0 aliphatic carbocycles. The smallest absolute Gasteiger partial charge is 0.224 e. The fourth-order valence-electron chi connectivity index (χ4n) is 3.91. The number of piperidine rings is 1. The van der Waals surface area contributed by atoms with Crippen molar-refractivity contribution < 1.29 is 9.53 Å². The van der Waals surface area contributed by atoms with Crippen molar-refractivity contribution in [1.29, 1.82) is 0 Å². The Morgan fingerprint density at radius 2 is 2.07 bits per heavy atom. The van der Waals surface area contributed by atoms with E-state index in [1.807, 2.05) is 31.2 Å². The number of nitrogens with zero attached hydrogens (tertiary/aromatic N) is 1. The van der Waals surface area contributed by atoms with Crippen molar-refractivity contribution in [3.8, 4) is 5.75 Å². The van der Waals surface area contributed by atoms with Crippen molar-refractivity contribution in [1.82, 2.24) is 4.90 Å². The van der Waals surface area contributed by atoms with Gasteiger partial charge in [-0.25, -0.2) is 0 Å². The van der Waals surface area contributed by atoms with Crippen molar-refractivity contribution in [2.45, 2.75) is 32.6 Å². The highest BCUT2D eigenvalue weighted by atomic mass is 16.5. The summed E-state index contributed by atoms with van der Waals surface area (Å²) < 4.78 is 5.22. The Hall–Kier alpha value is -2.59. The maximum absolute atomic E-state index is 12.4. The molecule has 1 fully saturated rings. The van der Waals surface area contributed by atoms with E-state index in [2.05, 4.69) is 46.6 Å². The summed E-state index contributed by atoms with van der Waals surface area (Å²) in [6.07, 6.45) is 8.38. The SMILES string of the molecule is COc1ccc(NC(=O)CC[C@@H]2CCCN(C/C=C/c3ccccc3)C2)c(C)c1. The highest BCUT2D eigenvalue weighted by molar-refractivity contribution is 5.91. The molecule has 1 N–H and O–H groups in total. The van der Waals surface area contributed by atoms with Crippen LogP contribution in [0.3, 0.4) is 0 Å². The molecule has 1 atom stereocenters. The quantitative estimate of drug-likeness (QED) is 0.676. The number of aryl methyl sites for hydroxylation is 1. The number of hydrogen-bond acceptors (Lipinski definition) is 3. The van der Waals surface area contributed by atoms with Gasteiger partial charge < -0.3 is 10.1 Å². The van der Waals surface area contributed by atoms with Gasteiger partial charge in [0.2, 0.25) is 5.91 Å². The van der Waals surface area contributed by atoms with Gasteiger partial charge in [-0.2, -0.15) is 0 Å². The Morgan fingerprint density at radius 1 is 1.24 bits per heavy atom. The summed E-state index contributed by atoms with van der Waals surface area (Å²) in [7, 11) is 1.65. The molecular formula is C25H32N2O2. The minimum atomic E-state index is 0.0966. The van der Waals surface area contributed by atoms with Crippen molar-refractivity contribution in [3.05, 3.63) is 65.7 Å². The van der Waals surface area contributed by atoms with Crippen LogP contribution in [-0.2, 0) is 4.79 Å². The molecule has 1 amide bonds. The van der Waals surface area contributed by atoms with E-state index in [-0.39, 0.29) is 5.91 Å². The van der Waals surface area contributed by atoms with Crippen LogP contribution < -0.4 is 10.1 Å². The van der Waals surface area contributed by atoms with E-state index in [9.17, 15) is 4.79 Å². The predicted molar refractivity (Wildman–Crippen MR) is 120 cm³/mol. The van der Waals surface area contributed by atoms with Crippen LogP contribution >= 0.6 is 0 Å². The lowest BCUT2D eigenvalue weighted by atomic mass is 9.93. The zero-order valence-electron chi connectivity index (χ0n) is 17.6. The molecule has 4 heteroatoms. The zero-order valence-corrected chi connectivity index (χ0v) is 17.6. The van der Waals surface area contributed by atoms with Crippen molar-refractivity contribution in [2.75, 3.05) is 32.1 Å². The zero-order chi connectivity index (χ0) is 20.5. The molecule has 29 heavy (non-hydrogen) atoms. The number of amides is 1. The summed E-state index contributed by atoms with van der Waals surface area (Å²) in [5, 5.41) is 3.05. The first-order valence-corrected chi connectivity index (χ1v) is 10.5. The van der Waals surface area contributed by atoms with Crippen LogP contribution in [0.1, 0.15) is 36.8 Å². The number of carbonyl (C=O) groups excluding carboxylic acids is 1. The van der Waals surface area contributed by atoms with E-state index >= 15 is 0 Å². The van der Waals surface area contributed by atoms with Crippen molar-refractivity contribution in [3.63, 3.8) is 0 Å². The first-order chi connectivity index (χ1) is 14.1. The molecule has 2 aromatic carbocycles. The van der Waals surface area contributed by atoms with Crippen molar-refractivity contribution >= 4 is 17.7 Å². The van der Waals surface area contributed by atoms with Crippen LogP contribution in [0, 0.1) is 12.8 Å². The third-order valence-electron chi connectivity index (χ3n) is 5.56. The lowest BCUT2D eigenvalue weighted by Gasteiger charge is -2.32. The summed E-state index contributed by atoms with van der Waals surface area (Å²) >= 11 is 0. The molecule has 1 aliphatic heterocycles. The minimum Gasteiger partial charge on any atom is -0.497 e. The molecule has 1 aliphatic rings. The van der Waals surface area contributed by atoms with Gasteiger partial charge in [-0.3, -0.25) is 9.69 Å². The highest BCUT2D eigenvalue weighted by Crippen LogP contribution is 2.23. The number of likely N-dealkylation sites (tertiary alicyclic amines) is 1. The minimum absolute atomic E-state index is 0.0966.